The number of ketones is 1. The Kier molecular flexibility index (Phi) is 7.40. The molecule has 1 aliphatic rings. The molecule has 0 amide bonds. The zero-order valence-corrected chi connectivity index (χ0v) is 18.0. The van der Waals surface area contributed by atoms with Crippen molar-refractivity contribution in [2.45, 2.75) is 11.1 Å². The number of carbonyl (C=O) groups excluding carboxylic acids is 1. The molecular formula is C23H26N2O5S. The number of benzene rings is 2. The van der Waals surface area contributed by atoms with E-state index < -0.39 is 16.3 Å². The first-order valence-corrected chi connectivity index (χ1v) is 11.3. The fraction of sp³-hybridized carbons (Fsp3) is 0.261. The number of ether oxygens (including phenoxy) is 1. The number of piperazine rings is 1. The molecule has 31 heavy (non-hydrogen) atoms. The summed E-state index contributed by atoms with van der Waals surface area (Å²) in [5.74, 6) is 0.401. The molecule has 3 rings (SSSR count). The Morgan fingerprint density at radius 1 is 1.13 bits per heavy atom. The van der Waals surface area contributed by atoms with Crippen molar-refractivity contribution in [3.05, 3.63) is 79.4 Å². The molecule has 1 fully saturated rings. The highest BCUT2D eigenvalue weighted by atomic mass is 32.2. The summed E-state index contributed by atoms with van der Waals surface area (Å²) in [5, 5.41) is 10.4. The predicted octanol–water partition coefficient (Wildman–Crippen LogP) is 2.16. The number of rotatable bonds is 9. The third-order valence-electron chi connectivity index (χ3n) is 5.14. The summed E-state index contributed by atoms with van der Waals surface area (Å²) in [6, 6.07) is 15.2. The van der Waals surface area contributed by atoms with Crippen LogP contribution >= 0.6 is 0 Å². The Morgan fingerprint density at radius 2 is 1.81 bits per heavy atom. The van der Waals surface area contributed by atoms with Crippen LogP contribution in [0.1, 0.15) is 5.56 Å². The normalized spacial score (nSPS) is 17.8. The van der Waals surface area contributed by atoms with E-state index in [9.17, 15) is 18.3 Å². The number of aliphatic hydroxyl groups is 1. The van der Waals surface area contributed by atoms with Gasteiger partial charge in [-0.2, -0.15) is 4.31 Å². The average molecular weight is 443 g/mol. The van der Waals surface area contributed by atoms with E-state index in [0.29, 0.717) is 43.1 Å². The molecule has 0 aromatic heterocycles. The summed E-state index contributed by atoms with van der Waals surface area (Å²) in [7, 11) is -3.62. The van der Waals surface area contributed by atoms with E-state index in [2.05, 4.69) is 13.2 Å². The van der Waals surface area contributed by atoms with Crippen molar-refractivity contribution in [1.29, 1.82) is 0 Å². The third-order valence-corrected chi connectivity index (χ3v) is 7.02. The molecule has 164 valence electrons. The minimum Gasteiger partial charge on any atom is -0.492 e. The number of hydrogen-bond donors (Lipinski definition) is 1. The number of nitrogens with zero attached hydrogens (tertiary/aromatic N) is 2. The first-order valence-electron chi connectivity index (χ1n) is 9.89. The molecule has 1 aliphatic heterocycles. The summed E-state index contributed by atoms with van der Waals surface area (Å²) < 4.78 is 32.5. The first-order chi connectivity index (χ1) is 14.8. The van der Waals surface area contributed by atoms with Gasteiger partial charge in [0.05, 0.1) is 11.4 Å². The van der Waals surface area contributed by atoms with Gasteiger partial charge >= 0.3 is 0 Å². The standard InChI is InChI=1S/C23H26N2O5S/c1-3-22(26)18(2)19-9-11-20(12-10-19)30-16-15-24-13-14-25(17-23(24)27)31(28,29)21-7-5-4-6-8-21/h3-12,23,27H,1-2,13-17H2. The Morgan fingerprint density at radius 3 is 2.42 bits per heavy atom. The summed E-state index contributed by atoms with van der Waals surface area (Å²) in [4.78, 5) is 13.6. The predicted molar refractivity (Wildman–Crippen MR) is 119 cm³/mol. The lowest BCUT2D eigenvalue weighted by molar-refractivity contribution is -0.109. The van der Waals surface area contributed by atoms with Gasteiger partial charge in [0, 0.05) is 25.2 Å². The highest BCUT2D eigenvalue weighted by Crippen LogP contribution is 2.20. The van der Waals surface area contributed by atoms with Crippen molar-refractivity contribution in [2.75, 3.05) is 32.8 Å². The van der Waals surface area contributed by atoms with E-state index in [0.717, 1.165) is 0 Å². The van der Waals surface area contributed by atoms with Crippen LogP contribution in [0.15, 0.2) is 78.7 Å². The minimum absolute atomic E-state index is 0.00533. The van der Waals surface area contributed by atoms with E-state index >= 15 is 0 Å². The van der Waals surface area contributed by atoms with Crippen LogP contribution in [-0.2, 0) is 14.8 Å². The largest absolute Gasteiger partial charge is 0.492 e. The number of β-amino-alcohol motifs (C(OH)–C–C–N with tert-alkyl or cyclic N) is 1. The van der Waals surface area contributed by atoms with Gasteiger partial charge in [0.2, 0.25) is 10.0 Å². The maximum absolute atomic E-state index is 12.7. The van der Waals surface area contributed by atoms with Crippen LogP contribution in [0.5, 0.6) is 5.75 Å². The van der Waals surface area contributed by atoms with Gasteiger partial charge < -0.3 is 9.84 Å². The average Bonchev–Trinajstić information content (AvgIpc) is 2.80. The zero-order valence-electron chi connectivity index (χ0n) is 17.2. The molecule has 1 N–H and O–H groups in total. The molecule has 2 aromatic carbocycles. The number of allylic oxidation sites excluding steroid dienone is 2. The van der Waals surface area contributed by atoms with Crippen molar-refractivity contribution < 1.29 is 23.1 Å². The van der Waals surface area contributed by atoms with Gasteiger partial charge in [0.15, 0.2) is 5.78 Å². The van der Waals surface area contributed by atoms with Crippen LogP contribution in [0.3, 0.4) is 0 Å². The molecule has 8 heteroatoms. The van der Waals surface area contributed by atoms with Crippen molar-refractivity contribution in [2.24, 2.45) is 0 Å². The van der Waals surface area contributed by atoms with Crippen LogP contribution < -0.4 is 4.74 Å². The van der Waals surface area contributed by atoms with Gasteiger partial charge in [-0.3, -0.25) is 9.69 Å². The molecule has 1 saturated heterocycles. The van der Waals surface area contributed by atoms with Crippen LogP contribution in [0.4, 0.5) is 0 Å². The molecule has 0 saturated carbocycles. The molecular weight excluding hydrogens is 416 g/mol. The number of hydrogen-bond acceptors (Lipinski definition) is 6. The fourth-order valence-corrected chi connectivity index (χ4v) is 4.75. The first kappa shape index (κ1) is 22.9. The number of carbonyl (C=O) groups is 1. The van der Waals surface area contributed by atoms with Crippen molar-refractivity contribution in [3.8, 4) is 5.75 Å². The Labute approximate surface area is 182 Å². The molecule has 0 spiro atoms. The van der Waals surface area contributed by atoms with Gasteiger partial charge in [0.1, 0.15) is 18.6 Å². The van der Waals surface area contributed by atoms with Gasteiger partial charge in [-0.05, 0) is 35.9 Å². The maximum Gasteiger partial charge on any atom is 0.243 e. The molecule has 0 bridgehead atoms. The molecule has 2 aromatic rings. The topological polar surface area (TPSA) is 87.2 Å². The van der Waals surface area contributed by atoms with Crippen LogP contribution in [0.25, 0.3) is 5.57 Å². The van der Waals surface area contributed by atoms with Gasteiger partial charge in [-0.1, -0.05) is 43.5 Å². The highest BCUT2D eigenvalue weighted by molar-refractivity contribution is 7.89. The van der Waals surface area contributed by atoms with Crippen LogP contribution in [0, 0.1) is 0 Å². The summed E-state index contributed by atoms with van der Waals surface area (Å²) >= 11 is 0. The van der Waals surface area contributed by atoms with Gasteiger partial charge in [-0.15, -0.1) is 0 Å². The molecule has 0 aliphatic carbocycles. The van der Waals surface area contributed by atoms with E-state index in [-0.39, 0.29) is 17.2 Å². The highest BCUT2D eigenvalue weighted by Gasteiger charge is 2.33. The van der Waals surface area contributed by atoms with Gasteiger partial charge in [0.25, 0.3) is 0 Å². The second-order valence-electron chi connectivity index (χ2n) is 7.11. The lowest BCUT2D eigenvalue weighted by Crippen LogP contribution is -2.55. The Balaban J connectivity index is 1.50. The fourth-order valence-electron chi connectivity index (χ4n) is 3.30. The lowest BCUT2D eigenvalue weighted by Gasteiger charge is -2.37. The molecule has 1 heterocycles. The SMILES string of the molecule is C=CC(=O)C(=C)c1ccc(OCCN2CCN(S(=O)(=O)c3ccccc3)CC2O)cc1. The summed E-state index contributed by atoms with van der Waals surface area (Å²) in [6.07, 6.45) is 0.314. The third kappa shape index (κ3) is 5.48. The van der Waals surface area contributed by atoms with Crippen molar-refractivity contribution >= 4 is 21.4 Å². The molecule has 0 radical (unpaired) electrons. The Bertz CT molecular complexity index is 1040. The van der Waals surface area contributed by atoms with E-state index in [1.165, 1.54) is 10.4 Å². The lowest BCUT2D eigenvalue weighted by atomic mass is 10.0. The second-order valence-corrected chi connectivity index (χ2v) is 9.05. The summed E-state index contributed by atoms with van der Waals surface area (Å²) in [6.45, 7) is 8.69. The van der Waals surface area contributed by atoms with Crippen molar-refractivity contribution in [3.63, 3.8) is 0 Å². The van der Waals surface area contributed by atoms with Crippen LogP contribution in [0.2, 0.25) is 0 Å². The monoisotopic (exact) mass is 442 g/mol. The molecule has 1 unspecified atom stereocenters. The number of sulfonamides is 1. The molecule has 7 nitrogen and oxygen atoms in total. The van der Waals surface area contributed by atoms with Crippen LogP contribution in [-0.4, -0.2) is 67.5 Å². The molecule has 1 atom stereocenters. The Hall–Kier alpha value is -2.78. The number of aliphatic hydroxyl groups excluding tert-OH is 1. The van der Waals surface area contributed by atoms with E-state index in [1.807, 2.05) is 0 Å². The summed E-state index contributed by atoms with van der Waals surface area (Å²) in [5.41, 5.74) is 1.07. The van der Waals surface area contributed by atoms with Gasteiger partial charge in [-0.25, -0.2) is 8.42 Å². The smallest absolute Gasteiger partial charge is 0.243 e. The van der Waals surface area contributed by atoms with E-state index in [4.69, 9.17) is 4.74 Å². The second kappa shape index (κ2) is 10.0. The van der Waals surface area contributed by atoms with Crippen molar-refractivity contribution in [1.82, 2.24) is 9.21 Å². The maximum atomic E-state index is 12.7. The quantitative estimate of drug-likeness (QED) is 0.599. The van der Waals surface area contributed by atoms with E-state index in [1.54, 1.807) is 59.5 Å². The zero-order chi connectivity index (χ0) is 22.4. The minimum atomic E-state index is -3.62.